The summed E-state index contributed by atoms with van der Waals surface area (Å²) in [7, 11) is 1.82. The molecular weight excluding hydrogens is 300 g/mol. The van der Waals surface area contributed by atoms with Crippen LogP contribution in [0.2, 0.25) is 0 Å². The van der Waals surface area contributed by atoms with Gasteiger partial charge in [0, 0.05) is 52.5 Å². The first-order valence-electron chi connectivity index (χ1n) is 7.83. The largest absolute Gasteiger partial charge is 0.480 e. The van der Waals surface area contributed by atoms with E-state index < -0.39 is 11.5 Å². The van der Waals surface area contributed by atoms with Gasteiger partial charge in [0.1, 0.15) is 5.54 Å². The SMILES string of the molecule is Cn1cc(CC(=O)N2CCN(C3(C(=O)O)CCOC3)CC2)cn1. The summed E-state index contributed by atoms with van der Waals surface area (Å²) in [6.07, 6.45) is 4.37. The van der Waals surface area contributed by atoms with Crippen molar-refractivity contribution in [2.24, 2.45) is 7.05 Å². The Bertz CT molecular complexity index is 586. The van der Waals surface area contributed by atoms with E-state index in [2.05, 4.69) is 5.10 Å². The summed E-state index contributed by atoms with van der Waals surface area (Å²) >= 11 is 0. The molecule has 0 aliphatic carbocycles. The van der Waals surface area contributed by atoms with Crippen LogP contribution in [0, 0.1) is 0 Å². The molecule has 0 spiro atoms. The first kappa shape index (κ1) is 15.9. The molecule has 1 unspecified atom stereocenters. The predicted molar refractivity (Wildman–Crippen MR) is 80.9 cm³/mol. The van der Waals surface area contributed by atoms with Crippen molar-refractivity contribution in [2.45, 2.75) is 18.4 Å². The van der Waals surface area contributed by atoms with E-state index in [0.717, 1.165) is 5.56 Å². The molecule has 0 saturated carbocycles. The quantitative estimate of drug-likeness (QED) is 0.793. The summed E-state index contributed by atoms with van der Waals surface area (Å²) in [6.45, 7) is 2.93. The fourth-order valence-corrected chi connectivity index (χ4v) is 3.34. The Hall–Kier alpha value is -1.93. The summed E-state index contributed by atoms with van der Waals surface area (Å²) in [5, 5.41) is 13.6. The summed E-state index contributed by atoms with van der Waals surface area (Å²) in [5.41, 5.74) is -0.0236. The molecule has 0 radical (unpaired) electrons. The standard InChI is InChI=1S/C15H22N4O4/c1-17-10-12(9-16-17)8-13(20)18-3-5-19(6-4-18)15(14(21)22)2-7-23-11-15/h9-10H,2-8,11H2,1H3,(H,21,22). The highest BCUT2D eigenvalue weighted by molar-refractivity contribution is 5.80. The van der Waals surface area contributed by atoms with E-state index in [4.69, 9.17) is 4.74 Å². The highest BCUT2D eigenvalue weighted by Crippen LogP contribution is 2.28. The molecule has 1 aromatic heterocycles. The molecule has 1 amide bonds. The van der Waals surface area contributed by atoms with Crippen molar-refractivity contribution in [1.82, 2.24) is 19.6 Å². The Morgan fingerprint density at radius 3 is 2.61 bits per heavy atom. The molecule has 2 aliphatic rings. The fourth-order valence-electron chi connectivity index (χ4n) is 3.34. The van der Waals surface area contributed by atoms with Gasteiger partial charge < -0.3 is 14.7 Å². The lowest BCUT2D eigenvalue weighted by Crippen LogP contribution is -2.62. The van der Waals surface area contributed by atoms with E-state index in [1.54, 1.807) is 15.8 Å². The van der Waals surface area contributed by atoms with Crippen LogP contribution in [-0.4, -0.2) is 81.5 Å². The van der Waals surface area contributed by atoms with Gasteiger partial charge in [-0.1, -0.05) is 0 Å². The van der Waals surface area contributed by atoms with Gasteiger partial charge in [-0.2, -0.15) is 5.10 Å². The number of carboxylic acid groups (broad SMARTS) is 1. The van der Waals surface area contributed by atoms with Crippen molar-refractivity contribution in [3.63, 3.8) is 0 Å². The first-order chi connectivity index (χ1) is 11.0. The van der Waals surface area contributed by atoms with Gasteiger partial charge in [-0.3, -0.25) is 19.2 Å². The van der Waals surface area contributed by atoms with Crippen molar-refractivity contribution >= 4 is 11.9 Å². The van der Waals surface area contributed by atoms with Crippen LogP contribution in [0.25, 0.3) is 0 Å². The van der Waals surface area contributed by atoms with E-state index in [0.29, 0.717) is 45.6 Å². The number of hydrogen-bond acceptors (Lipinski definition) is 5. The van der Waals surface area contributed by atoms with Gasteiger partial charge in [0.2, 0.25) is 5.91 Å². The zero-order valence-electron chi connectivity index (χ0n) is 13.3. The van der Waals surface area contributed by atoms with Crippen LogP contribution in [0.4, 0.5) is 0 Å². The van der Waals surface area contributed by atoms with Crippen LogP contribution in [0.3, 0.4) is 0 Å². The third-order valence-corrected chi connectivity index (χ3v) is 4.75. The van der Waals surface area contributed by atoms with E-state index >= 15 is 0 Å². The number of hydrogen-bond donors (Lipinski definition) is 1. The minimum atomic E-state index is -0.918. The fraction of sp³-hybridized carbons (Fsp3) is 0.667. The number of nitrogens with zero attached hydrogens (tertiary/aromatic N) is 4. The third-order valence-electron chi connectivity index (χ3n) is 4.75. The molecule has 0 bridgehead atoms. The summed E-state index contributed by atoms with van der Waals surface area (Å²) in [6, 6.07) is 0. The minimum absolute atomic E-state index is 0.0599. The predicted octanol–water partition coefficient (Wildman–Crippen LogP) is -0.649. The van der Waals surface area contributed by atoms with E-state index in [9.17, 15) is 14.7 Å². The number of aliphatic carboxylic acids is 1. The smallest absolute Gasteiger partial charge is 0.326 e. The Morgan fingerprint density at radius 1 is 1.35 bits per heavy atom. The van der Waals surface area contributed by atoms with Gasteiger partial charge in [-0.05, 0) is 5.56 Å². The zero-order chi connectivity index (χ0) is 16.4. The van der Waals surface area contributed by atoms with Crippen molar-refractivity contribution < 1.29 is 19.4 Å². The highest BCUT2D eigenvalue weighted by Gasteiger charge is 2.48. The number of carbonyl (C=O) groups is 2. The molecule has 2 aliphatic heterocycles. The molecule has 8 heteroatoms. The highest BCUT2D eigenvalue weighted by atomic mass is 16.5. The van der Waals surface area contributed by atoms with Gasteiger partial charge in [0.05, 0.1) is 19.2 Å². The number of aromatic nitrogens is 2. The lowest BCUT2D eigenvalue weighted by atomic mass is 9.95. The maximum atomic E-state index is 12.3. The number of carbonyl (C=O) groups excluding carboxylic acids is 1. The third kappa shape index (κ3) is 3.09. The van der Waals surface area contributed by atoms with Crippen molar-refractivity contribution in [3.8, 4) is 0 Å². The molecule has 1 N–H and O–H groups in total. The Kier molecular flexibility index (Phi) is 4.36. The topological polar surface area (TPSA) is 87.9 Å². The maximum Gasteiger partial charge on any atom is 0.326 e. The van der Waals surface area contributed by atoms with E-state index in [-0.39, 0.29) is 12.5 Å². The second kappa shape index (κ2) is 6.29. The number of rotatable bonds is 4. The second-order valence-corrected chi connectivity index (χ2v) is 6.21. The Labute approximate surface area is 134 Å². The first-order valence-corrected chi connectivity index (χ1v) is 7.83. The van der Waals surface area contributed by atoms with E-state index in [1.165, 1.54) is 0 Å². The zero-order valence-corrected chi connectivity index (χ0v) is 13.3. The molecule has 3 heterocycles. The molecule has 0 aromatic carbocycles. The van der Waals surface area contributed by atoms with Crippen LogP contribution >= 0.6 is 0 Å². The van der Waals surface area contributed by atoms with Gasteiger partial charge in [-0.25, -0.2) is 0 Å². The molecule has 23 heavy (non-hydrogen) atoms. The van der Waals surface area contributed by atoms with Gasteiger partial charge in [0.15, 0.2) is 0 Å². The molecule has 1 aromatic rings. The number of aryl methyl sites for hydroxylation is 1. The number of ether oxygens (including phenoxy) is 1. The second-order valence-electron chi connectivity index (χ2n) is 6.21. The molecule has 8 nitrogen and oxygen atoms in total. The molecule has 1 atom stereocenters. The van der Waals surface area contributed by atoms with Crippen molar-refractivity contribution in [2.75, 3.05) is 39.4 Å². The van der Waals surface area contributed by atoms with Crippen LogP contribution in [-0.2, 0) is 27.8 Å². The number of piperazine rings is 1. The van der Waals surface area contributed by atoms with Gasteiger partial charge >= 0.3 is 5.97 Å². The molecule has 2 saturated heterocycles. The Morgan fingerprint density at radius 2 is 2.09 bits per heavy atom. The monoisotopic (exact) mass is 322 g/mol. The van der Waals surface area contributed by atoms with E-state index in [1.807, 2.05) is 18.1 Å². The number of carboxylic acids is 1. The lowest BCUT2D eigenvalue weighted by molar-refractivity contribution is -0.153. The van der Waals surface area contributed by atoms with Crippen LogP contribution in [0.5, 0.6) is 0 Å². The van der Waals surface area contributed by atoms with Crippen molar-refractivity contribution in [1.29, 1.82) is 0 Å². The molecule has 2 fully saturated rings. The van der Waals surface area contributed by atoms with Crippen LogP contribution in [0.15, 0.2) is 12.4 Å². The summed E-state index contributed by atoms with van der Waals surface area (Å²) < 4.78 is 7.00. The normalized spacial score (nSPS) is 25.7. The average molecular weight is 322 g/mol. The molecular formula is C15H22N4O4. The average Bonchev–Trinajstić information content (AvgIpc) is 3.17. The minimum Gasteiger partial charge on any atom is -0.480 e. The van der Waals surface area contributed by atoms with Gasteiger partial charge in [-0.15, -0.1) is 0 Å². The van der Waals surface area contributed by atoms with Crippen LogP contribution in [0.1, 0.15) is 12.0 Å². The Balaban J connectivity index is 1.57. The molecule has 3 rings (SSSR count). The maximum absolute atomic E-state index is 12.3. The van der Waals surface area contributed by atoms with Crippen molar-refractivity contribution in [3.05, 3.63) is 18.0 Å². The van der Waals surface area contributed by atoms with Gasteiger partial charge in [0.25, 0.3) is 0 Å². The van der Waals surface area contributed by atoms with Crippen LogP contribution < -0.4 is 0 Å². The number of amides is 1. The summed E-state index contributed by atoms with van der Waals surface area (Å²) in [5.74, 6) is -0.769. The summed E-state index contributed by atoms with van der Waals surface area (Å²) in [4.78, 5) is 27.8. The molecule has 126 valence electrons. The lowest BCUT2D eigenvalue weighted by Gasteiger charge is -2.42.